The van der Waals surface area contributed by atoms with E-state index >= 15 is 0 Å². The fourth-order valence-corrected chi connectivity index (χ4v) is 1.88. The number of hydrogen-bond donors (Lipinski definition) is 1. The van der Waals surface area contributed by atoms with E-state index in [0.717, 1.165) is 18.4 Å². The summed E-state index contributed by atoms with van der Waals surface area (Å²) < 4.78 is 0. The van der Waals surface area contributed by atoms with Gasteiger partial charge in [0, 0.05) is 6.04 Å². The Morgan fingerprint density at radius 2 is 1.54 bits per heavy atom. The second kappa shape index (κ2) is 7.37. The molecular weight excluding hydrogens is 158 g/mol. The Bertz CT molecular complexity index is 108. The molecule has 0 amide bonds. The maximum atomic E-state index is 3.50. The van der Waals surface area contributed by atoms with Crippen molar-refractivity contribution in [3.8, 4) is 0 Å². The Hall–Kier alpha value is -0.0400. The van der Waals surface area contributed by atoms with Crippen LogP contribution in [0.4, 0.5) is 0 Å². The molecule has 2 unspecified atom stereocenters. The largest absolute Gasteiger partial charge is 0.314 e. The molecule has 0 spiro atoms. The molecule has 1 heteroatoms. The first-order valence-electron chi connectivity index (χ1n) is 5.88. The lowest BCUT2D eigenvalue weighted by Crippen LogP contribution is -2.32. The molecule has 0 aromatic rings. The summed E-state index contributed by atoms with van der Waals surface area (Å²) in [7, 11) is 0. The lowest BCUT2D eigenvalue weighted by molar-refractivity contribution is 0.310. The monoisotopic (exact) mass is 185 g/mol. The van der Waals surface area contributed by atoms with Crippen molar-refractivity contribution in [3.05, 3.63) is 0 Å². The van der Waals surface area contributed by atoms with Crippen molar-refractivity contribution >= 4 is 0 Å². The van der Waals surface area contributed by atoms with Crippen molar-refractivity contribution in [2.24, 2.45) is 11.8 Å². The standard InChI is InChI=1S/C12H27N/c1-6-12(7-2)9-10(4)11(5)13-8-3/h10-13H,6-9H2,1-5H3. The van der Waals surface area contributed by atoms with Gasteiger partial charge >= 0.3 is 0 Å². The van der Waals surface area contributed by atoms with E-state index in [0.29, 0.717) is 6.04 Å². The average molecular weight is 185 g/mol. The Labute approximate surface area is 84.3 Å². The van der Waals surface area contributed by atoms with E-state index in [9.17, 15) is 0 Å². The molecule has 0 aromatic heterocycles. The summed E-state index contributed by atoms with van der Waals surface area (Å²) in [5.74, 6) is 1.74. The van der Waals surface area contributed by atoms with Crippen molar-refractivity contribution in [2.45, 2.75) is 59.9 Å². The van der Waals surface area contributed by atoms with Gasteiger partial charge in [0.15, 0.2) is 0 Å². The molecule has 0 saturated heterocycles. The van der Waals surface area contributed by atoms with Crippen LogP contribution in [-0.4, -0.2) is 12.6 Å². The summed E-state index contributed by atoms with van der Waals surface area (Å²) in [5, 5.41) is 3.50. The van der Waals surface area contributed by atoms with Crippen LogP contribution in [0.1, 0.15) is 53.9 Å². The first-order valence-corrected chi connectivity index (χ1v) is 5.88. The fourth-order valence-electron chi connectivity index (χ4n) is 1.88. The highest BCUT2D eigenvalue weighted by atomic mass is 14.9. The molecular formula is C12H27N. The van der Waals surface area contributed by atoms with Crippen molar-refractivity contribution < 1.29 is 0 Å². The Morgan fingerprint density at radius 3 is 1.92 bits per heavy atom. The van der Waals surface area contributed by atoms with Crippen molar-refractivity contribution in [3.63, 3.8) is 0 Å². The molecule has 0 bridgehead atoms. The third kappa shape index (κ3) is 5.30. The molecule has 0 aliphatic heterocycles. The van der Waals surface area contributed by atoms with Gasteiger partial charge in [0.2, 0.25) is 0 Å². The zero-order chi connectivity index (χ0) is 10.3. The molecule has 1 nitrogen and oxygen atoms in total. The van der Waals surface area contributed by atoms with Gasteiger partial charge in [-0.15, -0.1) is 0 Å². The van der Waals surface area contributed by atoms with Crippen molar-refractivity contribution in [2.75, 3.05) is 6.54 Å². The Balaban J connectivity index is 3.75. The highest BCUT2D eigenvalue weighted by Gasteiger charge is 2.14. The molecule has 2 atom stereocenters. The van der Waals surface area contributed by atoms with E-state index in [4.69, 9.17) is 0 Å². The number of rotatable bonds is 7. The summed E-state index contributed by atoms with van der Waals surface area (Å²) in [6, 6.07) is 0.672. The average Bonchev–Trinajstić information content (AvgIpc) is 2.14. The van der Waals surface area contributed by atoms with Gasteiger partial charge in [-0.25, -0.2) is 0 Å². The molecule has 13 heavy (non-hydrogen) atoms. The summed E-state index contributed by atoms with van der Waals surface area (Å²) >= 11 is 0. The van der Waals surface area contributed by atoms with Gasteiger partial charge in [-0.05, 0) is 31.7 Å². The highest BCUT2D eigenvalue weighted by Crippen LogP contribution is 2.20. The summed E-state index contributed by atoms with van der Waals surface area (Å²) in [4.78, 5) is 0. The van der Waals surface area contributed by atoms with Crippen LogP contribution >= 0.6 is 0 Å². The van der Waals surface area contributed by atoms with Gasteiger partial charge < -0.3 is 5.32 Å². The minimum absolute atomic E-state index is 0.672. The van der Waals surface area contributed by atoms with Crippen LogP contribution in [-0.2, 0) is 0 Å². The predicted molar refractivity (Wildman–Crippen MR) is 61.0 cm³/mol. The van der Waals surface area contributed by atoms with Gasteiger partial charge in [0.1, 0.15) is 0 Å². The Kier molecular flexibility index (Phi) is 7.35. The second-order valence-electron chi connectivity index (χ2n) is 4.24. The van der Waals surface area contributed by atoms with Crippen molar-refractivity contribution in [1.29, 1.82) is 0 Å². The van der Waals surface area contributed by atoms with Gasteiger partial charge in [-0.1, -0.05) is 40.5 Å². The van der Waals surface area contributed by atoms with Crippen molar-refractivity contribution in [1.82, 2.24) is 5.32 Å². The lowest BCUT2D eigenvalue weighted by Gasteiger charge is -2.24. The van der Waals surface area contributed by atoms with Gasteiger partial charge in [-0.3, -0.25) is 0 Å². The first-order chi connectivity index (χ1) is 6.15. The van der Waals surface area contributed by atoms with E-state index < -0.39 is 0 Å². The minimum Gasteiger partial charge on any atom is -0.314 e. The molecule has 0 radical (unpaired) electrons. The van der Waals surface area contributed by atoms with Crippen LogP contribution in [0.15, 0.2) is 0 Å². The minimum atomic E-state index is 0.672. The van der Waals surface area contributed by atoms with Crippen LogP contribution in [0, 0.1) is 11.8 Å². The van der Waals surface area contributed by atoms with E-state index in [1.165, 1.54) is 19.3 Å². The number of hydrogen-bond acceptors (Lipinski definition) is 1. The fraction of sp³-hybridized carbons (Fsp3) is 1.00. The number of nitrogens with one attached hydrogen (secondary N) is 1. The highest BCUT2D eigenvalue weighted by molar-refractivity contribution is 4.70. The Morgan fingerprint density at radius 1 is 1.00 bits per heavy atom. The SMILES string of the molecule is CCNC(C)C(C)CC(CC)CC. The van der Waals surface area contributed by atoms with E-state index in [-0.39, 0.29) is 0 Å². The lowest BCUT2D eigenvalue weighted by atomic mass is 9.88. The van der Waals surface area contributed by atoms with E-state index in [2.05, 4.69) is 39.9 Å². The van der Waals surface area contributed by atoms with Crippen LogP contribution < -0.4 is 5.32 Å². The third-order valence-electron chi connectivity index (χ3n) is 3.24. The molecule has 0 heterocycles. The molecule has 1 N–H and O–H groups in total. The molecule has 0 aliphatic carbocycles. The quantitative estimate of drug-likeness (QED) is 0.640. The first kappa shape index (κ1) is 13.0. The van der Waals surface area contributed by atoms with E-state index in [1.54, 1.807) is 0 Å². The molecule has 0 saturated carbocycles. The van der Waals surface area contributed by atoms with E-state index in [1.807, 2.05) is 0 Å². The van der Waals surface area contributed by atoms with Gasteiger partial charge in [-0.2, -0.15) is 0 Å². The molecule has 0 fully saturated rings. The maximum Gasteiger partial charge on any atom is 0.00643 e. The third-order valence-corrected chi connectivity index (χ3v) is 3.24. The van der Waals surface area contributed by atoms with Crippen LogP contribution in [0.3, 0.4) is 0 Å². The summed E-state index contributed by atoms with van der Waals surface area (Å²) in [6.45, 7) is 12.6. The predicted octanol–water partition coefficient (Wildman–Crippen LogP) is 3.45. The zero-order valence-electron chi connectivity index (χ0n) is 10.1. The molecule has 0 aromatic carbocycles. The smallest absolute Gasteiger partial charge is 0.00643 e. The topological polar surface area (TPSA) is 12.0 Å². The van der Waals surface area contributed by atoms with Gasteiger partial charge in [0.25, 0.3) is 0 Å². The van der Waals surface area contributed by atoms with Crippen LogP contribution in [0.5, 0.6) is 0 Å². The molecule has 0 aliphatic rings. The molecule has 80 valence electrons. The van der Waals surface area contributed by atoms with Crippen LogP contribution in [0.25, 0.3) is 0 Å². The summed E-state index contributed by atoms with van der Waals surface area (Å²) in [5.41, 5.74) is 0. The van der Waals surface area contributed by atoms with Gasteiger partial charge in [0.05, 0.1) is 0 Å². The zero-order valence-corrected chi connectivity index (χ0v) is 10.1. The normalized spacial score (nSPS) is 16.2. The summed E-state index contributed by atoms with van der Waals surface area (Å²) in [6.07, 6.45) is 4.04. The molecule has 0 rings (SSSR count). The maximum absolute atomic E-state index is 3.50. The second-order valence-corrected chi connectivity index (χ2v) is 4.24. The van der Waals surface area contributed by atoms with Crippen LogP contribution in [0.2, 0.25) is 0 Å².